The lowest BCUT2D eigenvalue weighted by Crippen LogP contribution is -2.51. The summed E-state index contributed by atoms with van der Waals surface area (Å²) >= 11 is 0. The van der Waals surface area contributed by atoms with Gasteiger partial charge in [-0.2, -0.15) is 0 Å². The van der Waals surface area contributed by atoms with Crippen LogP contribution in [0.15, 0.2) is 12.1 Å². The minimum absolute atomic E-state index is 0.0718. The number of hydrogen-bond donors (Lipinski definition) is 2. The van der Waals surface area contributed by atoms with Crippen LogP contribution in [0.3, 0.4) is 0 Å². The van der Waals surface area contributed by atoms with E-state index < -0.39 is 22.2 Å². The third-order valence-corrected chi connectivity index (χ3v) is 4.02. The van der Waals surface area contributed by atoms with Crippen molar-refractivity contribution in [3.05, 3.63) is 39.2 Å². The van der Waals surface area contributed by atoms with Crippen molar-refractivity contribution in [3.63, 3.8) is 0 Å². The van der Waals surface area contributed by atoms with Crippen molar-refractivity contribution >= 4 is 11.6 Å². The molecule has 1 aliphatic rings. The molecule has 0 aliphatic heterocycles. The van der Waals surface area contributed by atoms with Gasteiger partial charge in [-0.05, 0) is 25.3 Å². The summed E-state index contributed by atoms with van der Waals surface area (Å²) in [7, 11) is 0. The summed E-state index contributed by atoms with van der Waals surface area (Å²) in [6.45, 7) is 1.67. The molecule has 2 rings (SSSR count). The average Bonchev–Trinajstić information content (AvgIpc) is 2.90. The van der Waals surface area contributed by atoms with Crippen molar-refractivity contribution in [2.45, 2.75) is 38.1 Å². The predicted octanol–water partition coefficient (Wildman–Crippen LogP) is 2.04. The molecule has 0 bridgehead atoms. The van der Waals surface area contributed by atoms with Gasteiger partial charge in [0.1, 0.15) is 5.82 Å². The fourth-order valence-corrected chi connectivity index (χ4v) is 2.76. The van der Waals surface area contributed by atoms with E-state index in [-0.39, 0.29) is 23.4 Å². The highest BCUT2D eigenvalue weighted by Crippen LogP contribution is 2.29. The van der Waals surface area contributed by atoms with Gasteiger partial charge in [-0.25, -0.2) is 4.39 Å². The molecule has 1 saturated carbocycles. The average molecular weight is 295 g/mol. The molecule has 0 aromatic heterocycles. The van der Waals surface area contributed by atoms with E-state index in [1.165, 1.54) is 6.92 Å². The second-order valence-electron chi connectivity index (χ2n) is 5.53. The Labute approximate surface area is 121 Å². The molecule has 1 aliphatic carbocycles. The Morgan fingerprint density at radius 2 is 2.10 bits per heavy atom. The molecule has 1 aromatic carbocycles. The second kappa shape index (κ2) is 5.77. The maximum absolute atomic E-state index is 14.1. The third kappa shape index (κ3) is 3.02. The molecule has 1 fully saturated rings. The summed E-state index contributed by atoms with van der Waals surface area (Å²) in [5, 5.41) is 13.6. The maximum atomic E-state index is 14.1. The molecule has 0 radical (unpaired) electrons. The summed E-state index contributed by atoms with van der Waals surface area (Å²) < 4.78 is 14.1. The zero-order chi connectivity index (χ0) is 15.6. The smallest absolute Gasteiger partial charge is 0.270 e. The molecule has 0 unspecified atom stereocenters. The van der Waals surface area contributed by atoms with Crippen molar-refractivity contribution in [2.75, 3.05) is 6.54 Å². The highest BCUT2D eigenvalue weighted by Gasteiger charge is 2.35. The van der Waals surface area contributed by atoms with Crippen LogP contribution in [0.25, 0.3) is 0 Å². The topological polar surface area (TPSA) is 98.3 Å². The number of nitrogens with zero attached hydrogens (tertiary/aromatic N) is 1. The van der Waals surface area contributed by atoms with Crippen LogP contribution in [-0.4, -0.2) is 22.9 Å². The van der Waals surface area contributed by atoms with Gasteiger partial charge < -0.3 is 11.1 Å². The molecule has 6 nitrogen and oxygen atoms in total. The first-order chi connectivity index (χ1) is 9.88. The standard InChI is InChI=1S/C14H18FN3O3/c1-9-6-10(18(20)21)7-11(12(9)15)13(19)17-14(8-16)4-2-3-5-14/h6-7H,2-5,8,16H2,1H3,(H,17,19). The van der Waals surface area contributed by atoms with Crippen molar-refractivity contribution in [1.82, 2.24) is 5.32 Å². The van der Waals surface area contributed by atoms with E-state index in [0.717, 1.165) is 37.8 Å². The molecule has 0 spiro atoms. The van der Waals surface area contributed by atoms with Crippen molar-refractivity contribution < 1.29 is 14.1 Å². The fourth-order valence-electron chi connectivity index (χ4n) is 2.76. The Morgan fingerprint density at radius 3 is 2.62 bits per heavy atom. The number of halogens is 1. The number of nitro benzene ring substituents is 1. The highest BCUT2D eigenvalue weighted by molar-refractivity contribution is 5.96. The lowest BCUT2D eigenvalue weighted by Gasteiger charge is -2.28. The summed E-state index contributed by atoms with van der Waals surface area (Å²) in [5.41, 5.74) is 4.67. The number of carbonyl (C=O) groups excluding carboxylic acids is 1. The Morgan fingerprint density at radius 1 is 1.48 bits per heavy atom. The van der Waals surface area contributed by atoms with Gasteiger partial charge in [-0.1, -0.05) is 12.8 Å². The molecule has 0 saturated heterocycles. The van der Waals surface area contributed by atoms with Crippen molar-refractivity contribution in [1.29, 1.82) is 0 Å². The minimum Gasteiger partial charge on any atom is -0.345 e. The number of amides is 1. The van der Waals surface area contributed by atoms with E-state index in [0.29, 0.717) is 0 Å². The van der Waals surface area contributed by atoms with E-state index >= 15 is 0 Å². The van der Waals surface area contributed by atoms with Crippen LogP contribution in [0.2, 0.25) is 0 Å². The molecule has 1 amide bonds. The van der Waals surface area contributed by atoms with Gasteiger partial charge in [0.15, 0.2) is 0 Å². The van der Waals surface area contributed by atoms with E-state index in [2.05, 4.69) is 5.32 Å². The van der Waals surface area contributed by atoms with Crippen LogP contribution in [0.5, 0.6) is 0 Å². The Hall–Kier alpha value is -2.02. The lowest BCUT2D eigenvalue weighted by molar-refractivity contribution is -0.385. The molecule has 0 atom stereocenters. The number of nitrogens with two attached hydrogens (primary N) is 1. The first-order valence-electron chi connectivity index (χ1n) is 6.86. The van der Waals surface area contributed by atoms with Gasteiger partial charge in [0.05, 0.1) is 16.0 Å². The number of carbonyl (C=O) groups is 1. The zero-order valence-electron chi connectivity index (χ0n) is 11.8. The van der Waals surface area contributed by atoms with Gasteiger partial charge in [0.2, 0.25) is 0 Å². The molecule has 21 heavy (non-hydrogen) atoms. The fraction of sp³-hybridized carbons (Fsp3) is 0.500. The Bertz CT molecular complexity index is 583. The zero-order valence-corrected chi connectivity index (χ0v) is 11.8. The summed E-state index contributed by atoms with van der Waals surface area (Å²) in [6, 6.07) is 2.08. The van der Waals surface area contributed by atoms with E-state index in [1.54, 1.807) is 0 Å². The largest absolute Gasteiger partial charge is 0.345 e. The molecule has 7 heteroatoms. The molecular formula is C14H18FN3O3. The van der Waals surface area contributed by atoms with Crippen molar-refractivity contribution in [2.24, 2.45) is 5.73 Å². The number of nitrogens with one attached hydrogen (secondary N) is 1. The van der Waals surface area contributed by atoms with Gasteiger partial charge >= 0.3 is 0 Å². The number of non-ortho nitro benzene ring substituents is 1. The van der Waals surface area contributed by atoms with Crippen LogP contribution in [0.4, 0.5) is 10.1 Å². The SMILES string of the molecule is Cc1cc([N+](=O)[O-])cc(C(=O)NC2(CN)CCCC2)c1F. The normalized spacial score (nSPS) is 16.7. The lowest BCUT2D eigenvalue weighted by atomic mass is 9.97. The summed E-state index contributed by atoms with van der Waals surface area (Å²) in [5.74, 6) is -1.38. The van der Waals surface area contributed by atoms with Crippen LogP contribution in [-0.2, 0) is 0 Å². The monoisotopic (exact) mass is 295 g/mol. The first kappa shape index (κ1) is 15.4. The molecule has 0 heterocycles. The molecule has 114 valence electrons. The predicted molar refractivity (Wildman–Crippen MR) is 75.5 cm³/mol. The number of aryl methyl sites for hydroxylation is 1. The molecule has 3 N–H and O–H groups in total. The number of rotatable bonds is 4. The van der Waals surface area contributed by atoms with Crippen LogP contribution < -0.4 is 11.1 Å². The van der Waals surface area contributed by atoms with Gasteiger partial charge in [0, 0.05) is 18.7 Å². The Balaban J connectivity index is 2.32. The van der Waals surface area contributed by atoms with Crippen LogP contribution >= 0.6 is 0 Å². The van der Waals surface area contributed by atoms with Gasteiger partial charge in [-0.15, -0.1) is 0 Å². The van der Waals surface area contributed by atoms with Crippen LogP contribution in [0.1, 0.15) is 41.6 Å². The quantitative estimate of drug-likeness (QED) is 0.656. The Kier molecular flexibility index (Phi) is 4.22. The van der Waals surface area contributed by atoms with E-state index in [4.69, 9.17) is 5.73 Å². The first-order valence-corrected chi connectivity index (χ1v) is 6.86. The van der Waals surface area contributed by atoms with Gasteiger partial charge in [0.25, 0.3) is 11.6 Å². The van der Waals surface area contributed by atoms with Crippen molar-refractivity contribution in [3.8, 4) is 0 Å². The van der Waals surface area contributed by atoms with E-state index in [1.807, 2.05) is 0 Å². The van der Waals surface area contributed by atoms with Gasteiger partial charge in [-0.3, -0.25) is 14.9 Å². The summed E-state index contributed by atoms with van der Waals surface area (Å²) in [4.78, 5) is 22.5. The number of benzene rings is 1. The minimum atomic E-state index is -0.733. The second-order valence-corrected chi connectivity index (χ2v) is 5.53. The third-order valence-electron chi connectivity index (χ3n) is 4.02. The van der Waals surface area contributed by atoms with E-state index in [9.17, 15) is 19.3 Å². The number of hydrogen-bond acceptors (Lipinski definition) is 4. The summed E-state index contributed by atoms with van der Waals surface area (Å²) in [6.07, 6.45) is 3.39. The highest BCUT2D eigenvalue weighted by atomic mass is 19.1. The molecular weight excluding hydrogens is 277 g/mol. The number of nitro groups is 1. The maximum Gasteiger partial charge on any atom is 0.270 e. The molecule has 1 aromatic rings. The van der Waals surface area contributed by atoms with Crippen LogP contribution in [0, 0.1) is 22.9 Å².